The van der Waals surface area contributed by atoms with Crippen molar-refractivity contribution in [3.05, 3.63) is 12.2 Å². The largest absolute Gasteiger partial charge is 0.450 e. The van der Waals surface area contributed by atoms with E-state index in [0.717, 1.165) is 5.92 Å². The van der Waals surface area contributed by atoms with E-state index < -0.39 is 0 Å². The number of ether oxygens (including phenoxy) is 2. The van der Waals surface area contributed by atoms with E-state index in [1.54, 1.807) is 0 Å². The highest BCUT2D eigenvalue weighted by atomic mass is 16.7. The van der Waals surface area contributed by atoms with Crippen molar-refractivity contribution in [3.8, 4) is 0 Å². The SMILES string of the molecule is C[C@@H]1C2C=CC1C1(COC(=N)OC1)C2. The van der Waals surface area contributed by atoms with E-state index in [-0.39, 0.29) is 11.5 Å². The van der Waals surface area contributed by atoms with Crippen molar-refractivity contribution in [2.24, 2.45) is 23.2 Å². The van der Waals surface area contributed by atoms with Crippen molar-refractivity contribution < 1.29 is 9.47 Å². The van der Waals surface area contributed by atoms with Gasteiger partial charge in [0, 0.05) is 5.41 Å². The van der Waals surface area contributed by atoms with Crippen LogP contribution in [0.5, 0.6) is 0 Å². The minimum absolute atomic E-state index is 0.00460. The molecule has 3 aliphatic rings. The molecule has 0 aromatic carbocycles. The summed E-state index contributed by atoms with van der Waals surface area (Å²) in [6.45, 7) is 3.65. The van der Waals surface area contributed by atoms with E-state index in [9.17, 15) is 0 Å². The van der Waals surface area contributed by atoms with Crippen LogP contribution in [-0.2, 0) is 9.47 Å². The molecule has 14 heavy (non-hydrogen) atoms. The molecular formula is C11H15NO2. The molecule has 3 nitrogen and oxygen atoms in total. The zero-order chi connectivity index (χ0) is 9.76. The van der Waals surface area contributed by atoms with Gasteiger partial charge in [-0.1, -0.05) is 19.1 Å². The van der Waals surface area contributed by atoms with Crippen molar-refractivity contribution in [1.82, 2.24) is 0 Å². The second-order valence-electron chi connectivity index (χ2n) is 4.86. The summed E-state index contributed by atoms with van der Waals surface area (Å²) in [5.41, 5.74) is 0.170. The fourth-order valence-electron chi connectivity index (χ4n) is 3.31. The molecular weight excluding hydrogens is 178 g/mol. The van der Waals surface area contributed by atoms with Crippen LogP contribution in [0.1, 0.15) is 13.3 Å². The standard InChI is InChI=1S/C11H15NO2/c1-7-8-2-3-9(7)11(4-8)5-13-10(12)14-6-11/h2-3,7-9,12H,4-6H2,1H3/t7-,8?,9?,11?/m1/s1. The van der Waals surface area contributed by atoms with Gasteiger partial charge >= 0.3 is 6.08 Å². The monoisotopic (exact) mass is 193 g/mol. The number of allylic oxidation sites excluding steroid dienone is 2. The second kappa shape index (κ2) is 2.53. The summed E-state index contributed by atoms with van der Waals surface area (Å²) in [7, 11) is 0. The van der Waals surface area contributed by atoms with E-state index >= 15 is 0 Å². The summed E-state index contributed by atoms with van der Waals surface area (Å²) < 4.78 is 10.5. The first-order chi connectivity index (χ1) is 6.71. The molecule has 1 aliphatic heterocycles. The molecule has 0 radical (unpaired) electrons. The Hall–Kier alpha value is -0.990. The fraction of sp³-hybridized carbons (Fsp3) is 0.727. The predicted octanol–water partition coefficient (Wildman–Crippen LogP) is 1.80. The highest BCUT2D eigenvalue weighted by molar-refractivity contribution is 5.63. The molecule has 2 aliphatic carbocycles. The van der Waals surface area contributed by atoms with Crippen LogP contribution in [0.15, 0.2) is 12.2 Å². The van der Waals surface area contributed by atoms with Crippen LogP contribution in [0.2, 0.25) is 0 Å². The van der Waals surface area contributed by atoms with Gasteiger partial charge in [-0.3, -0.25) is 0 Å². The third-order valence-corrected chi connectivity index (χ3v) is 4.14. The maximum absolute atomic E-state index is 7.26. The molecule has 1 N–H and O–H groups in total. The van der Waals surface area contributed by atoms with E-state index in [0.29, 0.717) is 25.0 Å². The molecule has 3 rings (SSSR count). The van der Waals surface area contributed by atoms with Crippen LogP contribution in [-0.4, -0.2) is 19.3 Å². The van der Waals surface area contributed by atoms with Gasteiger partial charge in [-0.15, -0.1) is 0 Å². The average molecular weight is 193 g/mol. The zero-order valence-electron chi connectivity index (χ0n) is 8.32. The quantitative estimate of drug-likeness (QED) is 0.596. The van der Waals surface area contributed by atoms with Gasteiger partial charge in [0.1, 0.15) is 13.2 Å². The van der Waals surface area contributed by atoms with E-state index in [2.05, 4.69) is 19.1 Å². The normalized spacial score (nSPS) is 49.5. The van der Waals surface area contributed by atoms with E-state index in [4.69, 9.17) is 14.9 Å². The van der Waals surface area contributed by atoms with E-state index in [1.807, 2.05) is 0 Å². The van der Waals surface area contributed by atoms with Gasteiger partial charge in [0.15, 0.2) is 0 Å². The lowest BCUT2D eigenvalue weighted by atomic mass is 9.76. The van der Waals surface area contributed by atoms with Gasteiger partial charge in [0.05, 0.1) is 0 Å². The van der Waals surface area contributed by atoms with Crippen molar-refractivity contribution >= 4 is 6.08 Å². The molecule has 1 saturated heterocycles. The number of hydrogen-bond donors (Lipinski definition) is 1. The number of fused-ring (bicyclic) bond motifs is 3. The smallest absolute Gasteiger partial charge is 0.380 e. The Labute approximate surface area is 83.6 Å². The third-order valence-electron chi connectivity index (χ3n) is 4.14. The molecule has 2 bridgehead atoms. The minimum atomic E-state index is -0.00460. The lowest BCUT2D eigenvalue weighted by Crippen LogP contribution is -2.42. The molecule has 0 aromatic rings. The molecule has 2 unspecified atom stereocenters. The Morgan fingerprint density at radius 1 is 1.36 bits per heavy atom. The lowest BCUT2D eigenvalue weighted by Gasteiger charge is -2.38. The maximum atomic E-state index is 7.26. The van der Waals surface area contributed by atoms with Crippen LogP contribution >= 0.6 is 0 Å². The third kappa shape index (κ3) is 0.900. The molecule has 0 aromatic heterocycles. The Bertz CT molecular complexity index is 300. The van der Waals surface area contributed by atoms with Crippen molar-refractivity contribution in [3.63, 3.8) is 0 Å². The summed E-state index contributed by atoms with van der Waals surface area (Å²) in [5.74, 6) is 2.04. The van der Waals surface area contributed by atoms with Crippen LogP contribution in [0.25, 0.3) is 0 Å². The van der Waals surface area contributed by atoms with Crippen LogP contribution in [0.4, 0.5) is 0 Å². The highest BCUT2D eigenvalue weighted by Crippen LogP contribution is 2.56. The molecule has 1 saturated carbocycles. The van der Waals surface area contributed by atoms with Gasteiger partial charge < -0.3 is 9.47 Å². The number of hydrogen-bond acceptors (Lipinski definition) is 3. The van der Waals surface area contributed by atoms with Crippen molar-refractivity contribution in [1.29, 1.82) is 5.41 Å². The molecule has 76 valence electrons. The fourth-order valence-corrected chi connectivity index (χ4v) is 3.31. The van der Waals surface area contributed by atoms with E-state index in [1.165, 1.54) is 6.42 Å². The van der Waals surface area contributed by atoms with Crippen LogP contribution < -0.4 is 0 Å². The molecule has 0 amide bonds. The summed E-state index contributed by atoms with van der Waals surface area (Å²) >= 11 is 0. The highest BCUT2D eigenvalue weighted by Gasteiger charge is 2.55. The van der Waals surface area contributed by atoms with Gasteiger partial charge in [-0.25, -0.2) is 5.41 Å². The van der Waals surface area contributed by atoms with Crippen molar-refractivity contribution in [2.45, 2.75) is 13.3 Å². The van der Waals surface area contributed by atoms with Gasteiger partial charge in [0.2, 0.25) is 0 Å². The summed E-state index contributed by atoms with van der Waals surface area (Å²) in [6.07, 6.45) is 5.82. The first-order valence-corrected chi connectivity index (χ1v) is 5.24. The van der Waals surface area contributed by atoms with Crippen molar-refractivity contribution in [2.75, 3.05) is 13.2 Å². The Balaban J connectivity index is 1.86. The summed E-state index contributed by atoms with van der Waals surface area (Å²) in [5, 5.41) is 7.26. The van der Waals surface area contributed by atoms with Gasteiger partial charge in [0.25, 0.3) is 0 Å². The Kier molecular flexibility index (Phi) is 1.50. The van der Waals surface area contributed by atoms with Gasteiger partial charge in [-0.2, -0.15) is 0 Å². The molecule has 2 fully saturated rings. The molecule has 1 heterocycles. The molecule has 3 atom stereocenters. The molecule has 1 spiro atoms. The van der Waals surface area contributed by atoms with Crippen LogP contribution in [0.3, 0.4) is 0 Å². The minimum Gasteiger partial charge on any atom is -0.450 e. The molecule has 3 heteroatoms. The second-order valence-corrected chi connectivity index (χ2v) is 4.86. The Morgan fingerprint density at radius 3 is 2.57 bits per heavy atom. The van der Waals surface area contributed by atoms with Crippen LogP contribution in [0, 0.1) is 28.6 Å². The first kappa shape index (κ1) is 8.33. The topological polar surface area (TPSA) is 42.3 Å². The lowest BCUT2D eigenvalue weighted by molar-refractivity contribution is -0.0349. The Morgan fingerprint density at radius 2 is 2.07 bits per heavy atom. The average Bonchev–Trinajstić information content (AvgIpc) is 2.66. The van der Waals surface area contributed by atoms with Gasteiger partial charge in [-0.05, 0) is 24.2 Å². The summed E-state index contributed by atoms with van der Waals surface area (Å²) in [4.78, 5) is 0. The summed E-state index contributed by atoms with van der Waals surface area (Å²) in [6, 6.07) is 0. The number of nitrogens with one attached hydrogen (secondary N) is 1. The number of rotatable bonds is 0. The maximum Gasteiger partial charge on any atom is 0.380 e. The predicted molar refractivity (Wildman–Crippen MR) is 52.0 cm³/mol. The first-order valence-electron chi connectivity index (χ1n) is 5.24. The zero-order valence-corrected chi connectivity index (χ0v) is 8.32.